The standard InChI is InChI=1S/C12H22O4Si/c1-12(2,3)17(4,5)16-9-7-14-8-6-10(13)15-11(8)9/h8-9,11H,6-7H2,1-5H3/t8-,9-,11+/m1/s1. The van der Waals surface area contributed by atoms with Crippen molar-refractivity contribution in [1.29, 1.82) is 0 Å². The zero-order valence-corrected chi connectivity index (χ0v) is 12.3. The van der Waals surface area contributed by atoms with Gasteiger partial charge in [-0.05, 0) is 18.1 Å². The molecule has 0 amide bonds. The molecule has 5 heteroatoms. The van der Waals surface area contributed by atoms with E-state index in [1.54, 1.807) is 0 Å². The van der Waals surface area contributed by atoms with Gasteiger partial charge in [-0.25, -0.2) is 0 Å². The van der Waals surface area contributed by atoms with Gasteiger partial charge in [-0.15, -0.1) is 0 Å². The number of hydrogen-bond donors (Lipinski definition) is 0. The summed E-state index contributed by atoms with van der Waals surface area (Å²) in [7, 11) is -1.82. The second kappa shape index (κ2) is 4.07. The van der Waals surface area contributed by atoms with Gasteiger partial charge in [-0.3, -0.25) is 4.79 Å². The van der Waals surface area contributed by atoms with Crippen LogP contribution in [0, 0.1) is 0 Å². The predicted molar refractivity (Wildman–Crippen MR) is 66.3 cm³/mol. The van der Waals surface area contributed by atoms with Crippen molar-refractivity contribution in [2.45, 2.75) is 63.6 Å². The molecule has 2 fully saturated rings. The molecule has 0 aromatic carbocycles. The first-order valence-corrected chi connectivity index (χ1v) is 9.10. The lowest BCUT2D eigenvalue weighted by Gasteiger charge is -2.38. The highest BCUT2D eigenvalue weighted by molar-refractivity contribution is 6.74. The van der Waals surface area contributed by atoms with E-state index in [1.807, 2.05) is 0 Å². The molecule has 4 nitrogen and oxygen atoms in total. The van der Waals surface area contributed by atoms with Crippen molar-refractivity contribution in [3.8, 4) is 0 Å². The summed E-state index contributed by atoms with van der Waals surface area (Å²) in [6.45, 7) is 11.6. The molecule has 17 heavy (non-hydrogen) atoms. The molecule has 98 valence electrons. The number of carbonyl (C=O) groups is 1. The van der Waals surface area contributed by atoms with E-state index in [0.29, 0.717) is 13.0 Å². The minimum atomic E-state index is -1.82. The van der Waals surface area contributed by atoms with Crippen molar-refractivity contribution >= 4 is 14.3 Å². The lowest BCUT2D eigenvalue weighted by molar-refractivity contribution is -0.144. The van der Waals surface area contributed by atoms with Gasteiger partial charge < -0.3 is 13.9 Å². The van der Waals surface area contributed by atoms with Crippen molar-refractivity contribution in [2.75, 3.05) is 6.61 Å². The molecule has 2 saturated heterocycles. The fourth-order valence-electron chi connectivity index (χ4n) is 1.99. The molecular formula is C12H22O4Si. The lowest BCUT2D eigenvalue weighted by atomic mass is 10.1. The van der Waals surface area contributed by atoms with Gasteiger partial charge in [0.15, 0.2) is 14.4 Å². The van der Waals surface area contributed by atoms with Crippen molar-refractivity contribution in [1.82, 2.24) is 0 Å². The average molecular weight is 258 g/mol. The summed E-state index contributed by atoms with van der Waals surface area (Å²) in [6.07, 6.45) is 0.0309. The number of hydrogen-bond acceptors (Lipinski definition) is 4. The third-order valence-electron chi connectivity index (χ3n) is 4.09. The molecule has 0 spiro atoms. The topological polar surface area (TPSA) is 44.8 Å². The van der Waals surface area contributed by atoms with Gasteiger partial charge in [-0.1, -0.05) is 20.8 Å². The Labute approximate surface area is 104 Å². The van der Waals surface area contributed by atoms with Crippen LogP contribution in [0.5, 0.6) is 0 Å². The highest BCUT2D eigenvalue weighted by atomic mass is 28.4. The summed E-state index contributed by atoms with van der Waals surface area (Å²) in [5.74, 6) is -0.163. The fraction of sp³-hybridized carbons (Fsp3) is 0.917. The number of ether oxygens (including phenoxy) is 2. The number of fused-ring (bicyclic) bond motifs is 1. The molecule has 0 aliphatic carbocycles. The van der Waals surface area contributed by atoms with Crippen LogP contribution in [-0.4, -0.2) is 39.2 Å². The van der Waals surface area contributed by atoms with E-state index < -0.39 is 8.32 Å². The maximum Gasteiger partial charge on any atom is 0.309 e. The van der Waals surface area contributed by atoms with Crippen LogP contribution in [0.25, 0.3) is 0 Å². The number of carbonyl (C=O) groups excluding carboxylic acids is 1. The quantitative estimate of drug-likeness (QED) is 0.562. The SMILES string of the molecule is CC(C)(C)[Si](C)(C)O[C@@H]1CO[C@@H]2CC(=O)O[C@@H]21. The first-order chi connectivity index (χ1) is 7.71. The minimum absolute atomic E-state index is 0.0765. The molecule has 3 atom stereocenters. The maximum absolute atomic E-state index is 11.2. The molecule has 2 rings (SSSR count). The maximum atomic E-state index is 11.2. The molecular weight excluding hydrogens is 236 g/mol. The summed E-state index contributed by atoms with van der Waals surface area (Å²) < 4.78 is 17.1. The van der Waals surface area contributed by atoms with Gasteiger partial charge in [0.05, 0.1) is 13.0 Å². The Hall–Kier alpha value is -0.393. The highest BCUT2D eigenvalue weighted by Gasteiger charge is 2.50. The Bertz CT molecular complexity index is 321. The number of rotatable bonds is 2. The molecule has 0 unspecified atom stereocenters. The Morgan fingerprint density at radius 1 is 1.35 bits per heavy atom. The van der Waals surface area contributed by atoms with E-state index in [0.717, 1.165) is 0 Å². The van der Waals surface area contributed by atoms with E-state index in [4.69, 9.17) is 13.9 Å². The first-order valence-electron chi connectivity index (χ1n) is 6.19. The Morgan fingerprint density at radius 2 is 2.00 bits per heavy atom. The predicted octanol–water partition coefficient (Wildman–Crippen LogP) is 2.09. The summed E-state index contributed by atoms with van der Waals surface area (Å²) in [6, 6.07) is 0. The highest BCUT2D eigenvalue weighted by Crippen LogP contribution is 2.40. The van der Waals surface area contributed by atoms with Crippen LogP contribution >= 0.6 is 0 Å². The molecule has 0 aromatic heterocycles. The monoisotopic (exact) mass is 258 g/mol. The minimum Gasteiger partial charge on any atom is -0.457 e. The largest absolute Gasteiger partial charge is 0.457 e. The van der Waals surface area contributed by atoms with E-state index >= 15 is 0 Å². The molecule has 0 saturated carbocycles. The molecule has 0 aromatic rings. The Balaban J connectivity index is 2.03. The van der Waals surface area contributed by atoms with E-state index in [-0.39, 0.29) is 29.3 Å². The van der Waals surface area contributed by atoms with Crippen molar-refractivity contribution < 1.29 is 18.7 Å². The Kier molecular flexibility index (Phi) is 3.12. The van der Waals surface area contributed by atoms with Crippen LogP contribution in [0.15, 0.2) is 0 Å². The van der Waals surface area contributed by atoms with Crippen molar-refractivity contribution in [3.63, 3.8) is 0 Å². The van der Waals surface area contributed by atoms with Crippen LogP contribution in [0.4, 0.5) is 0 Å². The van der Waals surface area contributed by atoms with Crippen LogP contribution in [0.2, 0.25) is 18.1 Å². The molecule has 2 aliphatic rings. The summed E-state index contributed by atoms with van der Waals surface area (Å²) >= 11 is 0. The third kappa shape index (κ3) is 2.41. The normalized spacial score (nSPS) is 33.7. The average Bonchev–Trinajstić information content (AvgIpc) is 2.65. The molecule has 0 N–H and O–H groups in total. The molecule has 0 bridgehead atoms. The van der Waals surface area contributed by atoms with Crippen LogP contribution < -0.4 is 0 Å². The molecule has 0 radical (unpaired) electrons. The van der Waals surface area contributed by atoms with Crippen molar-refractivity contribution in [3.05, 3.63) is 0 Å². The number of esters is 1. The lowest BCUT2D eigenvalue weighted by Crippen LogP contribution is -2.47. The van der Waals surface area contributed by atoms with Gasteiger partial charge in [0.1, 0.15) is 12.2 Å². The Morgan fingerprint density at radius 3 is 2.59 bits per heavy atom. The summed E-state index contributed by atoms with van der Waals surface area (Å²) in [4.78, 5) is 11.2. The van der Waals surface area contributed by atoms with Crippen LogP contribution in [0.3, 0.4) is 0 Å². The summed E-state index contributed by atoms with van der Waals surface area (Å²) in [5.41, 5.74) is 0. The van der Waals surface area contributed by atoms with Crippen molar-refractivity contribution in [2.24, 2.45) is 0 Å². The zero-order valence-electron chi connectivity index (χ0n) is 11.3. The van der Waals surface area contributed by atoms with E-state index in [1.165, 1.54) is 0 Å². The summed E-state index contributed by atoms with van der Waals surface area (Å²) in [5, 5.41) is 0.160. The van der Waals surface area contributed by atoms with Crippen LogP contribution in [0.1, 0.15) is 27.2 Å². The van der Waals surface area contributed by atoms with Gasteiger partial charge in [0, 0.05) is 0 Å². The van der Waals surface area contributed by atoms with Gasteiger partial charge in [-0.2, -0.15) is 0 Å². The van der Waals surface area contributed by atoms with Gasteiger partial charge in [0.25, 0.3) is 0 Å². The van der Waals surface area contributed by atoms with E-state index in [2.05, 4.69) is 33.9 Å². The smallest absolute Gasteiger partial charge is 0.309 e. The van der Waals surface area contributed by atoms with E-state index in [9.17, 15) is 4.79 Å². The molecule has 2 aliphatic heterocycles. The van der Waals surface area contributed by atoms with Crippen LogP contribution in [-0.2, 0) is 18.7 Å². The van der Waals surface area contributed by atoms with Gasteiger partial charge >= 0.3 is 5.97 Å². The molecule has 2 heterocycles. The second-order valence-corrected chi connectivity index (χ2v) is 11.2. The zero-order chi connectivity index (χ0) is 12.8. The fourth-order valence-corrected chi connectivity index (χ4v) is 3.31. The first kappa shape index (κ1) is 13.0. The second-order valence-electron chi connectivity index (χ2n) is 6.45. The third-order valence-corrected chi connectivity index (χ3v) is 8.60. The van der Waals surface area contributed by atoms with Gasteiger partial charge in [0.2, 0.25) is 0 Å².